The molecule has 4 N–H and O–H groups in total. The molecule has 7 heteroatoms. The number of aromatic amines is 1. The number of nitrogens with two attached hydrogens (primary N) is 1. The smallest absolute Gasteiger partial charge is 0.315 e. The van der Waals surface area contributed by atoms with E-state index in [4.69, 9.17) is 5.73 Å². The molecule has 3 amide bonds. The van der Waals surface area contributed by atoms with Gasteiger partial charge in [-0.15, -0.1) is 0 Å². The quantitative estimate of drug-likeness (QED) is 0.795. The van der Waals surface area contributed by atoms with Gasteiger partial charge in [-0.2, -0.15) is 5.10 Å². The second-order valence-electron chi connectivity index (χ2n) is 5.44. The second-order valence-corrected chi connectivity index (χ2v) is 5.44. The maximum absolute atomic E-state index is 12.1. The lowest BCUT2D eigenvalue weighted by Gasteiger charge is -2.11. The van der Waals surface area contributed by atoms with E-state index in [0.717, 1.165) is 22.4 Å². The number of hydrogen-bond acceptors (Lipinski definition) is 3. The maximum Gasteiger partial charge on any atom is 0.315 e. The fraction of sp³-hybridized carbons (Fsp3) is 0.267. The summed E-state index contributed by atoms with van der Waals surface area (Å²) >= 11 is 0. The van der Waals surface area contributed by atoms with E-state index >= 15 is 0 Å². The van der Waals surface area contributed by atoms with Gasteiger partial charge in [0.25, 0.3) is 0 Å². The van der Waals surface area contributed by atoms with Crippen molar-refractivity contribution in [3.8, 4) is 0 Å². The highest BCUT2D eigenvalue weighted by atomic mass is 16.2. The largest absolute Gasteiger partial charge is 0.351 e. The third kappa shape index (κ3) is 2.78. The molecule has 0 aliphatic carbocycles. The number of amides is 3. The molecule has 0 saturated carbocycles. The van der Waals surface area contributed by atoms with Crippen LogP contribution in [-0.4, -0.2) is 27.0 Å². The SMILES string of the molecule is Cc1cccc(CC(=O)Nc2n[nH]c3c2CN(C(N)=O)C3)c1. The highest BCUT2D eigenvalue weighted by Crippen LogP contribution is 2.26. The van der Waals surface area contributed by atoms with E-state index < -0.39 is 6.03 Å². The molecule has 0 spiro atoms. The molecule has 2 aromatic rings. The molecule has 0 fully saturated rings. The number of aryl methyl sites for hydroxylation is 1. The number of fused-ring (bicyclic) bond motifs is 1. The molecule has 0 atom stereocenters. The van der Waals surface area contributed by atoms with Crippen molar-refractivity contribution in [2.24, 2.45) is 5.73 Å². The van der Waals surface area contributed by atoms with Crippen molar-refractivity contribution >= 4 is 17.8 Å². The maximum atomic E-state index is 12.1. The van der Waals surface area contributed by atoms with Gasteiger partial charge in [0.15, 0.2) is 5.82 Å². The van der Waals surface area contributed by atoms with Gasteiger partial charge in [-0.05, 0) is 12.5 Å². The minimum Gasteiger partial charge on any atom is -0.351 e. The summed E-state index contributed by atoms with van der Waals surface area (Å²) < 4.78 is 0. The van der Waals surface area contributed by atoms with Crippen LogP contribution in [-0.2, 0) is 24.3 Å². The zero-order valence-corrected chi connectivity index (χ0v) is 12.2. The van der Waals surface area contributed by atoms with E-state index in [-0.39, 0.29) is 12.3 Å². The number of anilines is 1. The van der Waals surface area contributed by atoms with Crippen molar-refractivity contribution in [2.45, 2.75) is 26.4 Å². The van der Waals surface area contributed by atoms with Crippen molar-refractivity contribution < 1.29 is 9.59 Å². The second kappa shape index (κ2) is 5.51. The summed E-state index contributed by atoms with van der Waals surface area (Å²) in [5.41, 5.74) is 8.96. The summed E-state index contributed by atoms with van der Waals surface area (Å²) in [6.45, 7) is 2.74. The Morgan fingerprint density at radius 2 is 2.23 bits per heavy atom. The number of rotatable bonds is 3. The first kappa shape index (κ1) is 14.1. The van der Waals surface area contributed by atoms with E-state index in [1.54, 1.807) is 0 Å². The molecule has 1 aromatic heterocycles. The molecule has 7 nitrogen and oxygen atoms in total. The number of nitrogens with zero attached hydrogens (tertiary/aromatic N) is 2. The first-order chi connectivity index (χ1) is 10.5. The number of H-pyrrole nitrogens is 1. The Balaban J connectivity index is 1.68. The summed E-state index contributed by atoms with van der Waals surface area (Å²) in [5.74, 6) is 0.328. The van der Waals surface area contributed by atoms with Crippen molar-refractivity contribution in [3.63, 3.8) is 0 Å². The fourth-order valence-corrected chi connectivity index (χ4v) is 2.58. The molecule has 1 aliphatic rings. The van der Waals surface area contributed by atoms with Crippen molar-refractivity contribution in [2.75, 3.05) is 5.32 Å². The van der Waals surface area contributed by atoms with E-state index in [9.17, 15) is 9.59 Å². The highest BCUT2D eigenvalue weighted by molar-refractivity contribution is 5.92. The summed E-state index contributed by atoms with van der Waals surface area (Å²) in [6, 6.07) is 7.32. The van der Waals surface area contributed by atoms with E-state index in [1.807, 2.05) is 31.2 Å². The molecule has 0 saturated heterocycles. The van der Waals surface area contributed by atoms with Gasteiger partial charge in [-0.1, -0.05) is 29.8 Å². The van der Waals surface area contributed by atoms with Crippen LogP contribution in [0, 0.1) is 6.92 Å². The Bertz CT molecular complexity index is 737. The molecule has 2 heterocycles. The standard InChI is InChI=1S/C15H17N5O2/c1-9-3-2-4-10(5-9)6-13(21)17-14-11-7-20(15(16)22)8-12(11)18-19-14/h2-5H,6-8H2,1H3,(H2,16,22)(H2,17,18,19,21). The van der Waals surface area contributed by atoms with Gasteiger partial charge in [0.2, 0.25) is 5.91 Å². The molecule has 0 radical (unpaired) electrons. The Labute approximate surface area is 127 Å². The van der Waals surface area contributed by atoms with Gasteiger partial charge < -0.3 is 16.0 Å². The number of urea groups is 1. The third-order valence-corrected chi connectivity index (χ3v) is 3.67. The van der Waals surface area contributed by atoms with Gasteiger partial charge in [-0.25, -0.2) is 4.79 Å². The molecule has 1 aliphatic heterocycles. The van der Waals surface area contributed by atoms with Gasteiger partial charge in [0.1, 0.15) is 0 Å². The predicted molar refractivity (Wildman–Crippen MR) is 80.9 cm³/mol. The molecule has 0 unspecified atom stereocenters. The van der Waals surface area contributed by atoms with Crippen molar-refractivity contribution in [1.82, 2.24) is 15.1 Å². The molecular weight excluding hydrogens is 282 g/mol. The summed E-state index contributed by atoms with van der Waals surface area (Å²) in [5, 5.41) is 9.72. The van der Waals surface area contributed by atoms with Crippen LogP contribution in [0.25, 0.3) is 0 Å². The lowest BCUT2D eigenvalue weighted by atomic mass is 10.1. The number of hydrogen-bond donors (Lipinski definition) is 3. The van der Waals surface area contributed by atoms with Crippen LogP contribution in [0.4, 0.5) is 10.6 Å². The van der Waals surface area contributed by atoms with Crippen LogP contribution in [0.2, 0.25) is 0 Å². The van der Waals surface area contributed by atoms with E-state index in [0.29, 0.717) is 18.9 Å². The zero-order chi connectivity index (χ0) is 15.7. The van der Waals surface area contributed by atoms with Crippen LogP contribution < -0.4 is 11.1 Å². The summed E-state index contributed by atoms with van der Waals surface area (Å²) in [6.07, 6.45) is 0.281. The molecular formula is C15H17N5O2. The lowest BCUT2D eigenvalue weighted by molar-refractivity contribution is -0.115. The van der Waals surface area contributed by atoms with Crippen LogP contribution >= 0.6 is 0 Å². The summed E-state index contributed by atoms with van der Waals surface area (Å²) in [7, 11) is 0. The van der Waals surface area contributed by atoms with E-state index in [2.05, 4.69) is 15.5 Å². The average molecular weight is 299 g/mol. The lowest BCUT2D eigenvalue weighted by Crippen LogP contribution is -2.31. The topological polar surface area (TPSA) is 104 Å². The van der Waals surface area contributed by atoms with Crippen LogP contribution in [0.1, 0.15) is 22.4 Å². The van der Waals surface area contributed by atoms with Gasteiger partial charge in [0, 0.05) is 5.56 Å². The summed E-state index contributed by atoms with van der Waals surface area (Å²) in [4.78, 5) is 24.8. The van der Waals surface area contributed by atoms with E-state index in [1.165, 1.54) is 4.90 Å². The molecule has 3 rings (SSSR count). The monoisotopic (exact) mass is 299 g/mol. The first-order valence-electron chi connectivity index (χ1n) is 6.99. The Hall–Kier alpha value is -2.83. The van der Waals surface area contributed by atoms with Gasteiger partial charge >= 0.3 is 6.03 Å². The molecule has 22 heavy (non-hydrogen) atoms. The normalized spacial score (nSPS) is 13.0. The minimum absolute atomic E-state index is 0.141. The third-order valence-electron chi connectivity index (χ3n) is 3.67. The highest BCUT2D eigenvalue weighted by Gasteiger charge is 2.27. The van der Waals surface area contributed by atoms with Gasteiger partial charge in [-0.3, -0.25) is 9.89 Å². The zero-order valence-electron chi connectivity index (χ0n) is 12.2. The van der Waals surface area contributed by atoms with Crippen LogP contribution in [0.5, 0.6) is 0 Å². The van der Waals surface area contributed by atoms with Crippen molar-refractivity contribution in [3.05, 3.63) is 46.6 Å². The van der Waals surface area contributed by atoms with Crippen LogP contribution in [0.3, 0.4) is 0 Å². The minimum atomic E-state index is -0.485. The molecule has 0 bridgehead atoms. The van der Waals surface area contributed by atoms with Crippen molar-refractivity contribution in [1.29, 1.82) is 0 Å². The average Bonchev–Trinajstić information content (AvgIpc) is 3.01. The van der Waals surface area contributed by atoms with Crippen LogP contribution in [0.15, 0.2) is 24.3 Å². The number of carbonyl (C=O) groups is 2. The Kier molecular flexibility index (Phi) is 3.54. The number of nitrogens with one attached hydrogen (secondary N) is 2. The first-order valence-corrected chi connectivity index (χ1v) is 6.99. The number of aromatic nitrogens is 2. The Morgan fingerprint density at radius 3 is 2.95 bits per heavy atom. The number of benzene rings is 1. The predicted octanol–water partition coefficient (Wildman–Crippen LogP) is 1.29. The fourth-order valence-electron chi connectivity index (χ4n) is 2.58. The Morgan fingerprint density at radius 1 is 1.41 bits per heavy atom. The number of carbonyl (C=O) groups excluding carboxylic acids is 2. The van der Waals surface area contributed by atoms with Gasteiger partial charge in [0.05, 0.1) is 25.2 Å². The molecule has 1 aromatic carbocycles. The number of primary amides is 1. The molecule has 114 valence electrons.